The van der Waals surface area contributed by atoms with Gasteiger partial charge >= 0.3 is 0 Å². The Morgan fingerprint density at radius 1 is 1.15 bits per heavy atom. The van der Waals surface area contributed by atoms with Gasteiger partial charge in [0.05, 0.1) is 24.0 Å². The number of halogens is 2. The number of aryl methyl sites for hydroxylation is 1. The van der Waals surface area contributed by atoms with Crippen molar-refractivity contribution in [2.75, 3.05) is 43.5 Å². The van der Waals surface area contributed by atoms with Crippen LogP contribution < -0.4 is 9.80 Å². The highest BCUT2D eigenvalue weighted by atomic mass is 19.3. The molecule has 2 fully saturated rings. The third kappa shape index (κ3) is 5.48. The number of carbonyl (C=O) groups is 2. The van der Waals surface area contributed by atoms with E-state index in [9.17, 15) is 18.4 Å². The fourth-order valence-corrected chi connectivity index (χ4v) is 4.32. The van der Waals surface area contributed by atoms with Gasteiger partial charge in [0.1, 0.15) is 0 Å². The van der Waals surface area contributed by atoms with Crippen LogP contribution in [0.1, 0.15) is 31.0 Å². The van der Waals surface area contributed by atoms with Gasteiger partial charge in [0.25, 0.3) is 0 Å². The maximum Gasteiger partial charge on any atom is 0.245 e. The average Bonchev–Trinajstić information content (AvgIpc) is 3.12. The molecule has 2 amide bonds. The van der Waals surface area contributed by atoms with Crippen LogP contribution in [-0.2, 0) is 22.4 Å². The van der Waals surface area contributed by atoms with Crippen LogP contribution in [-0.4, -0.2) is 71.3 Å². The van der Waals surface area contributed by atoms with Gasteiger partial charge in [-0.25, -0.2) is 18.7 Å². The predicted molar refractivity (Wildman–Crippen MR) is 124 cm³/mol. The summed E-state index contributed by atoms with van der Waals surface area (Å²) in [5, 5.41) is 0. The predicted octanol–water partition coefficient (Wildman–Crippen LogP) is 2.58. The van der Waals surface area contributed by atoms with Crippen molar-refractivity contribution >= 4 is 23.5 Å². The molecule has 1 unspecified atom stereocenters. The third-order valence-corrected chi connectivity index (χ3v) is 6.40. The Bertz CT molecular complexity index is 1020. The topological polar surface area (TPSA) is 82.5 Å². The molecule has 2 aromatic rings. The molecule has 0 spiro atoms. The smallest absolute Gasteiger partial charge is 0.245 e. The summed E-state index contributed by atoms with van der Waals surface area (Å²) in [5.74, 6) is -2.22. The first-order valence-electron chi connectivity index (χ1n) is 11.5. The number of aromatic nitrogens is 3. The first-order chi connectivity index (χ1) is 16.1. The number of pyridine rings is 1. The molecule has 0 saturated carbocycles. The highest BCUT2D eigenvalue weighted by Crippen LogP contribution is 2.29. The van der Waals surface area contributed by atoms with E-state index in [1.54, 1.807) is 48.6 Å². The molecule has 2 aromatic heterocycles. The zero-order chi connectivity index (χ0) is 24.5. The second kappa shape index (κ2) is 9.60. The number of amides is 2. The van der Waals surface area contributed by atoms with Gasteiger partial charge in [0.2, 0.25) is 23.7 Å². The van der Waals surface area contributed by atoms with Crippen molar-refractivity contribution in [1.29, 1.82) is 0 Å². The van der Waals surface area contributed by atoms with Crippen LogP contribution in [0.4, 0.5) is 20.4 Å². The van der Waals surface area contributed by atoms with E-state index in [4.69, 9.17) is 0 Å². The SMILES string of the molecule is CN(C)C(=O)C1CN(c2ncc(N3CCC(Cc4ccc(CCC(C)(F)F)nc4)C3=O)cn2)C1. The number of carbonyl (C=O) groups excluding carboxylic acids is 2. The Labute approximate surface area is 198 Å². The quantitative estimate of drug-likeness (QED) is 0.587. The minimum absolute atomic E-state index is 0.0200. The summed E-state index contributed by atoms with van der Waals surface area (Å²) in [7, 11) is 3.50. The van der Waals surface area contributed by atoms with Crippen molar-refractivity contribution in [3.63, 3.8) is 0 Å². The Morgan fingerprint density at radius 3 is 2.44 bits per heavy atom. The lowest BCUT2D eigenvalue weighted by molar-refractivity contribution is -0.133. The molecule has 0 aliphatic carbocycles. The number of hydrogen-bond donors (Lipinski definition) is 0. The standard InChI is InChI=1S/C24H30F2N6O2/c1-24(25,26)8-6-19-5-4-16(11-27-19)10-17-7-9-32(22(17)34)20-12-28-23(29-13-20)31-14-18(15-31)21(33)30(2)3/h4-5,11-13,17-18H,6-10,14-15H2,1-3H3. The molecule has 10 heteroatoms. The lowest BCUT2D eigenvalue weighted by Gasteiger charge is -2.39. The van der Waals surface area contributed by atoms with Crippen molar-refractivity contribution in [3.05, 3.63) is 42.0 Å². The van der Waals surface area contributed by atoms with E-state index in [2.05, 4.69) is 15.0 Å². The van der Waals surface area contributed by atoms with E-state index in [-0.39, 0.29) is 36.5 Å². The van der Waals surface area contributed by atoms with Crippen LogP contribution in [0.25, 0.3) is 0 Å². The van der Waals surface area contributed by atoms with E-state index >= 15 is 0 Å². The molecule has 0 radical (unpaired) electrons. The first kappa shape index (κ1) is 24.0. The summed E-state index contributed by atoms with van der Waals surface area (Å²) in [6, 6.07) is 3.63. The molecular weight excluding hydrogens is 442 g/mol. The Balaban J connectivity index is 1.30. The Kier molecular flexibility index (Phi) is 6.77. The van der Waals surface area contributed by atoms with Crippen LogP contribution >= 0.6 is 0 Å². The molecule has 0 bridgehead atoms. The van der Waals surface area contributed by atoms with Gasteiger partial charge < -0.3 is 14.7 Å². The van der Waals surface area contributed by atoms with Gasteiger partial charge in [-0.2, -0.15) is 0 Å². The molecule has 182 valence electrons. The van der Waals surface area contributed by atoms with Crippen molar-refractivity contribution in [2.24, 2.45) is 11.8 Å². The van der Waals surface area contributed by atoms with Gasteiger partial charge in [-0.3, -0.25) is 14.6 Å². The number of nitrogens with zero attached hydrogens (tertiary/aromatic N) is 6. The van der Waals surface area contributed by atoms with Crippen LogP contribution in [0.3, 0.4) is 0 Å². The van der Waals surface area contributed by atoms with E-state index in [0.717, 1.165) is 12.5 Å². The molecule has 8 nitrogen and oxygen atoms in total. The second-order valence-electron chi connectivity index (χ2n) is 9.48. The molecule has 2 aliphatic rings. The summed E-state index contributed by atoms with van der Waals surface area (Å²) in [6.45, 7) is 2.68. The van der Waals surface area contributed by atoms with Gasteiger partial charge in [0, 0.05) is 58.0 Å². The van der Waals surface area contributed by atoms with E-state index in [1.165, 1.54) is 0 Å². The fraction of sp³-hybridized carbons (Fsp3) is 0.542. The van der Waals surface area contributed by atoms with Crippen LogP contribution in [0.15, 0.2) is 30.7 Å². The first-order valence-corrected chi connectivity index (χ1v) is 11.5. The summed E-state index contributed by atoms with van der Waals surface area (Å²) in [6.07, 6.45) is 6.25. The van der Waals surface area contributed by atoms with Crippen LogP contribution in [0, 0.1) is 11.8 Å². The van der Waals surface area contributed by atoms with Crippen LogP contribution in [0.2, 0.25) is 0 Å². The van der Waals surface area contributed by atoms with Crippen molar-refractivity contribution in [3.8, 4) is 0 Å². The Hall–Kier alpha value is -3.17. The molecule has 4 heterocycles. The van der Waals surface area contributed by atoms with E-state index < -0.39 is 5.92 Å². The minimum atomic E-state index is -2.70. The fourth-order valence-electron chi connectivity index (χ4n) is 4.32. The number of alkyl halides is 2. The van der Waals surface area contributed by atoms with Crippen molar-refractivity contribution in [2.45, 2.75) is 38.5 Å². The summed E-state index contributed by atoms with van der Waals surface area (Å²) in [5.41, 5.74) is 2.20. The van der Waals surface area contributed by atoms with E-state index in [0.29, 0.717) is 49.8 Å². The van der Waals surface area contributed by atoms with Crippen molar-refractivity contribution < 1.29 is 18.4 Å². The van der Waals surface area contributed by atoms with Crippen molar-refractivity contribution in [1.82, 2.24) is 19.9 Å². The highest BCUT2D eigenvalue weighted by molar-refractivity contribution is 5.97. The number of hydrogen-bond acceptors (Lipinski definition) is 6. The van der Waals surface area contributed by atoms with Gasteiger partial charge in [-0.15, -0.1) is 0 Å². The summed E-state index contributed by atoms with van der Waals surface area (Å²) in [4.78, 5) is 43.3. The number of anilines is 2. The Morgan fingerprint density at radius 2 is 1.85 bits per heavy atom. The zero-order valence-electron chi connectivity index (χ0n) is 19.7. The van der Waals surface area contributed by atoms with Gasteiger partial charge in [0.15, 0.2) is 0 Å². The van der Waals surface area contributed by atoms with Gasteiger partial charge in [-0.05, 0) is 37.8 Å². The maximum absolute atomic E-state index is 13.0. The molecule has 4 rings (SSSR count). The molecule has 2 saturated heterocycles. The largest absolute Gasteiger partial charge is 0.348 e. The maximum atomic E-state index is 13.0. The lowest BCUT2D eigenvalue weighted by Crippen LogP contribution is -2.54. The molecule has 0 aromatic carbocycles. The summed E-state index contributed by atoms with van der Waals surface area (Å²) < 4.78 is 26.1. The zero-order valence-corrected chi connectivity index (χ0v) is 19.7. The molecule has 1 atom stereocenters. The normalized spacial score (nSPS) is 18.9. The highest BCUT2D eigenvalue weighted by Gasteiger charge is 2.36. The molecule has 2 aliphatic heterocycles. The van der Waals surface area contributed by atoms with Gasteiger partial charge in [-0.1, -0.05) is 6.07 Å². The minimum Gasteiger partial charge on any atom is -0.348 e. The molecule has 0 N–H and O–H groups in total. The van der Waals surface area contributed by atoms with Crippen LogP contribution in [0.5, 0.6) is 0 Å². The molecule has 34 heavy (non-hydrogen) atoms. The number of rotatable bonds is 8. The monoisotopic (exact) mass is 472 g/mol. The average molecular weight is 473 g/mol. The second-order valence-corrected chi connectivity index (χ2v) is 9.48. The molecular formula is C24H30F2N6O2. The lowest BCUT2D eigenvalue weighted by atomic mass is 9.99. The summed E-state index contributed by atoms with van der Waals surface area (Å²) >= 11 is 0. The van der Waals surface area contributed by atoms with E-state index in [1.807, 2.05) is 11.0 Å². The third-order valence-electron chi connectivity index (χ3n) is 6.40.